The number of fused-ring (bicyclic) bond motifs is 3. The topological polar surface area (TPSA) is 79.3 Å². The summed E-state index contributed by atoms with van der Waals surface area (Å²) in [6, 6.07) is 16.9. The fourth-order valence-electron chi connectivity index (χ4n) is 4.08. The molecular weight excluding hydrogens is 390 g/mol. The lowest BCUT2D eigenvalue weighted by Crippen LogP contribution is -2.55. The van der Waals surface area contributed by atoms with E-state index in [1.54, 1.807) is 4.90 Å². The van der Waals surface area contributed by atoms with E-state index in [9.17, 15) is 9.59 Å². The van der Waals surface area contributed by atoms with Crippen LogP contribution in [-0.2, 0) is 17.8 Å². The summed E-state index contributed by atoms with van der Waals surface area (Å²) < 4.78 is 2.04. The van der Waals surface area contributed by atoms with Crippen LogP contribution in [0.1, 0.15) is 26.3 Å². The summed E-state index contributed by atoms with van der Waals surface area (Å²) >= 11 is 0. The molecule has 1 aliphatic heterocycles. The lowest BCUT2D eigenvalue weighted by molar-refractivity contribution is -0.124. The molecule has 1 aliphatic rings. The van der Waals surface area contributed by atoms with Gasteiger partial charge in [-0.3, -0.25) is 9.69 Å². The molecule has 3 aromatic rings. The Labute approximate surface area is 182 Å². The van der Waals surface area contributed by atoms with E-state index >= 15 is 0 Å². The molecule has 2 atom stereocenters. The Hall–Kier alpha value is -3.35. The van der Waals surface area contributed by atoms with Crippen molar-refractivity contribution < 1.29 is 9.59 Å². The molecule has 1 aromatic heterocycles. The van der Waals surface area contributed by atoms with Crippen molar-refractivity contribution in [1.29, 1.82) is 0 Å². The first-order chi connectivity index (χ1) is 14.9. The molecule has 2 heterocycles. The van der Waals surface area contributed by atoms with Gasteiger partial charge < -0.3 is 15.2 Å². The normalized spacial score (nSPS) is 15.0. The Morgan fingerprint density at radius 1 is 0.968 bits per heavy atom. The number of anilines is 1. The van der Waals surface area contributed by atoms with Crippen LogP contribution in [0.5, 0.6) is 0 Å². The Morgan fingerprint density at radius 2 is 1.68 bits per heavy atom. The molecule has 0 aliphatic carbocycles. The summed E-state index contributed by atoms with van der Waals surface area (Å²) in [6.45, 7) is 7.08. The van der Waals surface area contributed by atoms with Crippen molar-refractivity contribution in [2.45, 2.75) is 45.8 Å². The lowest BCUT2D eigenvalue weighted by Gasteiger charge is -2.26. The summed E-state index contributed by atoms with van der Waals surface area (Å²) in [5, 5.41) is 5.99. The van der Waals surface area contributed by atoms with E-state index in [0.717, 1.165) is 23.0 Å². The van der Waals surface area contributed by atoms with Crippen molar-refractivity contribution in [2.24, 2.45) is 5.92 Å². The Kier molecular flexibility index (Phi) is 5.93. The van der Waals surface area contributed by atoms with Crippen molar-refractivity contribution >= 4 is 28.9 Å². The van der Waals surface area contributed by atoms with Gasteiger partial charge in [0.15, 0.2) is 0 Å². The number of nitrogens with zero attached hydrogens (tertiary/aromatic N) is 3. The number of imidazole rings is 1. The maximum Gasteiger partial charge on any atom is 0.324 e. The van der Waals surface area contributed by atoms with Gasteiger partial charge in [0.2, 0.25) is 11.9 Å². The lowest BCUT2D eigenvalue weighted by atomic mass is 10.0. The second kappa shape index (κ2) is 8.79. The molecule has 2 aromatic carbocycles. The third-order valence-electron chi connectivity index (χ3n) is 5.67. The summed E-state index contributed by atoms with van der Waals surface area (Å²) in [5.74, 6) is 0.410. The molecule has 0 radical (unpaired) electrons. The fraction of sp³-hybridized carbons (Fsp3) is 0.375. The summed E-state index contributed by atoms with van der Waals surface area (Å²) in [4.78, 5) is 32.3. The Bertz CT molecular complexity index is 1080. The highest BCUT2D eigenvalue weighted by Crippen LogP contribution is 2.27. The van der Waals surface area contributed by atoms with Crippen LogP contribution >= 0.6 is 0 Å². The molecule has 0 saturated carbocycles. The number of carbonyl (C=O) groups excluding carboxylic acids is 2. The molecule has 4 rings (SSSR count). The van der Waals surface area contributed by atoms with Crippen LogP contribution in [-0.4, -0.2) is 40.1 Å². The highest BCUT2D eigenvalue weighted by atomic mass is 16.2. The van der Waals surface area contributed by atoms with Gasteiger partial charge in [-0.2, -0.15) is 0 Å². The molecule has 0 bridgehead atoms. The predicted octanol–water partition coefficient (Wildman–Crippen LogP) is 3.34. The SMILES string of the molecule is CC(Cc1ccccc1)NC(=O)[C@@H](NC(=O)N1CCn2c1nc1ccccc12)C(C)C. The number of para-hydroxylation sites is 2. The molecular formula is C24H29N5O2. The van der Waals surface area contributed by atoms with Crippen molar-refractivity contribution in [3.05, 3.63) is 60.2 Å². The van der Waals surface area contributed by atoms with Crippen LogP contribution in [0.2, 0.25) is 0 Å². The number of amides is 3. The van der Waals surface area contributed by atoms with E-state index in [1.807, 2.05) is 79.9 Å². The first kappa shape index (κ1) is 20.9. The average molecular weight is 420 g/mol. The van der Waals surface area contributed by atoms with E-state index < -0.39 is 6.04 Å². The zero-order valence-electron chi connectivity index (χ0n) is 18.2. The first-order valence-corrected chi connectivity index (χ1v) is 10.8. The summed E-state index contributed by atoms with van der Waals surface area (Å²) in [7, 11) is 0. The zero-order valence-corrected chi connectivity index (χ0v) is 18.2. The maximum absolute atomic E-state index is 13.1. The van der Waals surface area contributed by atoms with Gasteiger partial charge in [-0.05, 0) is 37.0 Å². The highest BCUT2D eigenvalue weighted by Gasteiger charge is 2.32. The molecule has 0 saturated heterocycles. The van der Waals surface area contributed by atoms with Gasteiger partial charge in [-0.15, -0.1) is 0 Å². The van der Waals surface area contributed by atoms with Crippen molar-refractivity contribution in [3.8, 4) is 0 Å². The quantitative estimate of drug-likeness (QED) is 0.643. The molecule has 7 nitrogen and oxygen atoms in total. The van der Waals surface area contributed by atoms with Gasteiger partial charge in [0.1, 0.15) is 6.04 Å². The zero-order chi connectivity index (χ0) is 22.0. The Balaban J connectivity index is 1.43. The standard InChI is InChI=1S/C24H29N5O2/c1-16(2)21(22(30)25-17(3)15-18-9-5-4-6-10-18)27-24(31)29-14-13-28-20-12-8-7-11-19(20)26-23(28)29/h4-12,16-17,21H,13-15H2,1-3H3,(H,25,30)(H,27,31)/t17?,21-/m0/s1. The van der Waals surface area contributed by atoms with E-state index in [-0.39, 0.29) is 23.9 Å². The van der Waals surface area contributed by atoms with Crippen molar-refractivity contribution in [2.75, 3.05) is 11.4 Å². The molecule has 0 fully saturated rings. The van der Waals surface area contributed by atoms with Crippen LogP contribution in [0, 0.1) is 5.92 Å². The van der Waals surface area contributed by atoms with Crippen LogP contribution in [0.3, 0.4) is 0 Å². The largest absolute Gasteiger partial charge is 0.352 e. The molecule has 1 unspecified atom stereocenters. The van der Waals surface area contributed by atoms with Gasteiger partial charge in [-0.1, -0.05) is 56.3 Å². The highest BCUT2D eigenvalue weighted by molar-refractivity contribution is 5.96. The third-order valence-corrected chi connectivity index (χ3v) is 5.67. The second-order valence-corrected chi connectivity index (χ2v) is 8.47. The van der Waals surface area contributed by atoms with Gasteiger partial charge >= 0.3 is 6.03 Å². The summed E-state index contributed by atoms with van der Waals surface area (Å²) in [6.07, 6.45) is 0.738. The number of benzene rings is 2. The van der Waals surface area contributed by atoms with Crippen LogP contribution in [0.25, 0.3) is 11.0 Å². The summed E-state index contributed by atoms with van der Waals surface area (Å²) in [5.41, 5.74) is 3.04. The molecule has 7 heteroatoms. The number of urea groups is 1. The van der Waals surface area contributed by atoms with Gasteiger partial charge in [0.25, 0.3) is 0 Å². The third kappa shape index (κ3) is 4.40. The number of nitrogens with one attached hydrogen (secondary N) is 2. The number of aromatic nitrogens is 2. The molecule has 0 spiro atoms. The van der Waals surface area contributed by atoms with Crippen LogP contribution in [0.15, 0.2) is 54.6 Å². The van der Waals surface area contributed by atoms with Crippen molar-refractivity contribution in [3.63, 3.8) is 0 Å². The second-order valence-electron chi connectivity index (χ2n) is 8.47. The van der Waals surface area contributed by atoms with Gasteiger partial charge in [0, 0.05) is 19.1 Å². The minimum absolute atomic E-state index is 0.0379. The minimum atomic E-state index is -0.621. The molecule has 162 valence electrons. The van der Waals surface area contributed by atoms with Gasteiger partial charge in [-0.25, -0.2) is 9.78 Å². The number of hydrogen-bond donors (Lipinski definition) is 2. The van der Waals surface area contributed by atoms with E-state index in [2.05, 4.69) is 15.6 Å². The monoisotopic (exact) mass is 419 g/mol. The molecule has 2 N–H and O–H groups in total. The van der Waals surface area contributed by atoms with E-state index in [4.69, 9.17) is 0 Å². The molecule has 31 heavy (non-hydrogen) atoms. The van der Waals surface area contributed by atoms with Crippen LogP contribution < -0.4 is 15.5 Å². The number of hydrogen-bond acceptors (Lipinski definition) is 3. The minimum Gasteiger partial charge on any atom is -0.352 e. The van der Waals surface area contributed by atoms with E-state index in [0.29, 0.717) is 19.0 Å². The Morgan fingerprint density at radius 3 is 2.42 bits per heavy atom. The fourth-order valence-corrected chi connectivity index (χ4v) is 4.08. The smallest absolute Gasteiger partial charge is 0.324 e. The van der Waals surface area contributed by atoms with E-state index in [1.165, 1.54) is 0 Å². The molecule has 3 amide bonds. The average Bonchev–Trinajstić information content (AvgIpc) is 3.31. The first-order valence-electron chi connectivity index (χ1n) is 10.8. The van der Waals surface area contributed by atoms with Crippen molar-refractivity contribution in [1.82, 2.24) is 20.2 Å². The van der Waals surface area contributed by atoms with Crippen LogP contribution in [0.4, 0.5) is 10.7 Å². The predicted molar refractivity (Wildman–Crippen MR) is 122 cm³/mol. The van der Waals surface area contributed by atoms with Gasteiger partial charge in [0.05, 0.1) is 11.0 Å². The number of rotatable bonds is 6. The number of carbonyl (C=O) groups is 2. The maximum atomic E-state index is 13.1.